The molecule has 0 atom stereocenters. The van der Waals surface area contributed by atoms with Crippen molar-refractivity contribution in [2.75, 3.05) is 29.7 Å². The van der Waals surface area contributed by atoms with Crippen molar-refractivity contribution in [3.8, 4) is 0 Å². The molecule has 40 heavy (non-hydrogen) atoms. The maximum atomic E-state index is 13.0. The Hall–Kier alpha value is -4.56. The predicted molar refractivity (Wildman–Crippen MR) is 164 cm³/mol. The zero-order valence-corrected chi connectivity index (χ0v) is 23.7. The highest BCUT2D eigenvalue weighted by atomic mass is 32.2. The molecule has 0 amide bonds. The van der Waals surface area contributed by atoms with Crippen LogP contribution >= 0.6 is 0 Å². The molecule has 0 radical (unpaired) electrons. The third-order valence-electron chi connectivity index (χ3n) is 7.04. The minimum Gasteiger partial charge on any atom is -0.403 e. The first kappa shape index (κ1) is 27.0. The Bertz CT molecular complexity index is 1980. The molecule has 2 heterocycles. The van der Waals surface area contributed by atoms with Gasteiger partial charge in [-0.05, 0) is 52.1 Å². The largest absolute Gasteiger partial charge is 0.403 e. The number of rotatable bonds is 6. The fourth-order valence-corrected chi connectivity index (χ4v) is 5.32. The maximum absolute atomic E-state index is 13.0. The highest BCUT2D eigenvalue weighted by Crippen LogP contribution is 2.31. The molecule has 0 bridgehead atoms. The van der Waals surface area contributed by atoms with Crippen LogP contribution in [0.4, 0.5) is 5.69 Å². The molecule has 1 aromatic heterocycles. The lowest BCUT2D eigenvalue weighted by Gasteiger charge is -2.23. The van der Waals surface area contributed by atoms with Crippen LogP contribution in [-0.2, 0) is 16.4 Å². The first-order chi connectivity index (χ1) is 19.2. The van der Waals surface area contributed by atoms with E-state index in [9.17, 15) is 13.2 Å². The lowest BCUT2D eigenvalue weighted by atomic mass is 9.98. The van der Waals surface area contributed by atoms with Gasteiger partial charge in [0.2, 0.25) is 15.6 Å². The normalized spacial score (nSPS) is 15.5. The van der Waals surface area contributed by atoms with Crippen molar-refractivity contribution in [1.82, 2.24) is 4.68 Å². The standard InChI is InChI=1S/C32H31N3O4S/c1-5-23-17-18-24(27-13-7-6-12-26(23)27)11-10-16-31-35(34(3)40(4,37)38)30(32(36)39-31)20-19-25-21-22-33(2)29-15-9-8-14-28(25)29/h6-22H,5H2,1-4H3/b11-10+,25-19+,30-20-,31-16-. The third kappa shape index (κ3) is 5.18. The summed E-state index contributed by atoms with van der Waals surface area (Å²) in [5.41, 5.74) is 4.63. The van der Waals surface area contributed by atoms with Gasteiger partial charge in [0.15, 0.2) is 5.35 Å². The van der Waals surface area contributed by atoms with Crippen LogP contribution in [0.25, 0.3) is 34.6 Å². The van der Waals surface area contributed by atoms with E-state index >= 15 is 0 Å². The van der Waals surface area contributed by atoms with E-state index in [-0.39, 0.29) is 10.9 Å². The highest BCUT2D eigenvalue weighted by Gasteiger charge is 2.17. The summed E-state index contributed by atoms with van der Waals surface area (Å²) in [5, 5.41) is 2.39. The van der Waals surface area contributed by atoms with Crippen molar-refractivity contribution < 1.29 is 12.8 Å². The van der Waals surface area contributed by atoms with Gasteiger partial charge >= 0.3 is 5.63 Å². The van der Waals surface area contributed by atoms with E-state index in [2.05, 4.69) is 31.2 Å². The fraction of sp³-hybridized carbons (Fsp3) is 0.156. The Balaban J connectivity index is 1.64. The molecule has 0 unspecified atom stereocenters. The number of oxazole rings is 1. The lowest BCUT2D eigenvalue weighted by Crippen LogP contribution is -2.48. The SMILES string of the molecule is CCc1ccc(/C=C/C=c2\oc(=O)/c(=C/C=C3\C=CN(C)c4ccccc43)n2N(C)S(C)(=O)=O)c2ccccc12. The molecule has 4 aromatic rings. The predicted octanol–water partition coefficient (Wildman–Crippen LogP) is 4.01. The van der Waals surface area contributed by atoms with Crippen LogP contribution in [0.15, 0.2) is 94.3 Å². The summed E-state index contributed by atoms with van der Waals surface area (Å²) < 4.78 is 32.9. The number of allylic oxidation sites excluding steroid dienone is 4. The summed E-state index contributed by atoms with van der Waals surface area (Å²) in [6, 6.07) is 20.3. The number of fused-ring (bicyclic) bond motifs is 2. The van der Waals surface area contributed by atoms with Crippen LogP contribution in [0.1, 0.15) is 23.6 Å². The summed E-state index contributed by atoms with van der Waals surface area (Å²) in [6.07, 6.45) is 14.6. The van der Waals surface area contributed by atoms with E-state index in [4.69, 9.17) is 4.42 Å². The van der Waals surface area contributed by atoms with Gasteiger partial charge in [-0.1, -0.05) is 79.7 Å². The topological polar surface area (TPSA) is 75.8 Å². The minimum absolute atomic E-state index is 0.0858. The van der Waals surface area contributed by atoms with Crippen LogP contribution in [0.5, 0.6) is 0 Å². The van der Waals surface area contributed by atoms with Gasteiger partial charge in [-0.25, -0.2) is 22.3 Å². The molecule has 8 heteroatoms. The molecule has 0 spiro atoms. The first-order valence-electron chi connectivity index (χ1n) is 13.0. The van der Waals surface area contributed by atoms with Gasteiger partial charge in [-0.2, -0.15) is 0 Å². The molecule has 0 aliphatic carbocycles. The average molecular weight is 554 g/mol. The average Bonchev–Trinajstić information content (AvgIpc) is 3.26. The lowest BCUT2D eigenvalue weighted by molar-refractivity contribution is 0.466. The Morgan fingerprint density at radius 1 is 0.950 bits per heavy atom. The summed E-state index contributed by atoms with van der Waals surface area (Å²) in [6.45, 7) is 2.13. The smallest absolute Gasteiger partial charge is 0.363 e. The van der Waals surface area contributed by atoms with Crippen molar-refractivity contribution in [2.45, 2.75) is 13.3 Å². The number of benzene rings is 3. The second kappa shape index (κ2) is 10.9. The second-order valence-electron chi connectivity index (χ2n) is 9.59. The molecule has 0 N–H and O–H groups in total. The molecular weight excluding hydrogens is 522 g/mol. The molecule has 1 aliphatic heterocycles. The van der Waals surface area contributed by atoms with Gasteiger partial charge in [0.25, 0.3) is 0 Å². The van der Waals surface area contributed by atoms with Gasteiger partial charge in [-0.15, -0.1) is 0 Å². The molecule has 0 saturated carbocycles. The summed E-state index contributed by atoms with van der Waals surface area (Å²) in [5.74, 6) is 0. The van der Waals surface area contributed by atoms with Gasteiger partial charge in [0.1, 0.15) is 0 Å². The third-order valence-corrected chi connectivity index (χ3v) is 8.17. The Morgan fingerprint density at radius 3 is 2.42 bits per heavy atom. The number of hydrogen-bond donors (Lipinski definition) is 0. The number of sulfonamides is 1. The quantitative estimate of drug-likeness (QED) is 0.361. The summed E-state index contributed by atoms with van der Waals surface area (Å²) in [4.78, 5) is 15.0. The van der Waals surface area contributed by atoms with Crippen molar-refractivity contribution in [1.29, 1.82) is 0 Å². The molecule has 3 aromatic carbocycles. The molecule has 5 rings (SSSR count). The van der Waals surface area contributed by atoms with Crippen LogP contribution in [-0.4, -0.2) is 33.4 Å². The van der Waals surface area contributed by atoms with Gasteiger partial charge in [0, 0.05) is 37.6 Å². The van der Waals surface area contributed by atoms with Crippen molar-refractivity contribution in [3.05, 3.63) is 123 Å². The number of aryl methyl sites for hydroxylation is 1. The van der Waals surface area contributed by atoms with E-state index in [1.807, 2.05) is 66.7 Å². The zero-order valence-electron chi connectivity index (χ0n) is 22.9. The summed E-state index contributed by atoms with van der Waals surface area (Å²) in [7, 11) is -0.356. The van der Waals surface area contributed by atoms with Gasteiger partial charge < -0.3 is 9.32 Å². The number of anilines is 1. The van der Waals surface area contributed by atoms with Crippen LogP contribution in [0, 0.1) is 0 Å². The van der Waals surface area contributed by atoms with Crippen molar-refractivity contribution in [2.24, 2.45) is 0 Å². The maximum Gasteiger partial charge on any atom is 0.363 e. The first-order valence-corrected chi connectivity index (χ1v) is 14.8. The number of nitrogens with zero attached hydrogens (tertiary/aromatic N) is 3. The molecule has 1 aliphatic rings. The molecule has 0 fully saturated rings. The van der Waals surface area contributed by atoms with Gasteiger partial charge in [0.05, 0.1) is 6.26 Å². The van der Waals surface area contributed by atoms with Crippen LogP contribution in [0.2, 0.25) is 0 Å². The Labute approximate surface area is 233 Å². The second-order valence-corrected chi connectivity index (χ2v) is 11.6. The molecule has 7 nitrogen and oxygen atoms in total. The Morgan fingerprint density at radius 2 is 1.68 bits per heavy atom. The van der Waals surface area contributed by atoms with E-state index in [1.54, 1.807) is 24.3 Å². The zero-order chi connectivity index (χ0) is 28.4. The fourth-order valence-electron chi connectivity index (χ4n) is 4.85. The Kier molecular flexibility index (Phi) is 7.36. The highest BCUT2D eigenvalue weighted by molar-refractivity contribution is 7.91. The number of hydrogen-bond acceptors (Lipinski definition) is 5. The van der Waals surface area contributed by atoms with Gasteiger partial charge in [-0.3, -0.25) is 0 Å². The summed E-state index contributed by atoms with van der Waals surface area (Å²) >= 11 is 0. The monoisotopic (exact) mass is 553 g/mol. The van der Waals surface area contributed by atoms with E-state index in [0.29, 0.717) is 0 Å². The number of para-hydroxylation sites is 1. The van der Waals surface area contributed by atoms with E-state index in [0.717, 1.165) is 44.9 Å². The molecule has 0 saturated heterocycles. The van der Waals surface area contributed by atoms with E-state index in [1.165, 1.54) is 22.7 Å². The van der Waals surface area contributed by atoms with Crippen LogP contribution < -0.4 is 25.8 Å². The molecule has 204 valence electrons. The van der Waals surface area contributed by atoms with Crippen molar-refractivity contribution in [3.63, 3.8) is 0 Å². The molecular formula is C32H31N3O4S. The van der Waals surface area contributed by atoms with E-state index < -0.39 is 15.6 Å². The minimum atomic E-state index is -3.71. The number of aromatic nitrogens is 1. The van der Waals surface area contributed by atoms with Crippen LogP contribution in [0.3, 0.4) is 0 Å². The van der Waals surface area contributed by atoms with Crippen molar-refractivity contribution >= 4 is 50.3 Å².